The van der Waals surface area contributed by atoms with Crippen molar-refractivity contribution in [1.29, 1.82) is 0 Å². The highest BCUT2D eigenvalue weighted by molar-refractivity contribution is 7.99. The molecule has 2 aliphatic rings. The molecule has 1 atom stereocenters. The van der Waals surface area contributed by atoms with Crippen molar-refractivity contribution < 1.29 is 14.3 Å². The number of aromatic nitrogens is 2. The van der Waals surface area contributed by atoms with E-state index in [1.54, 1.807) is 28.9 Å². The number of thioether (sulfide) groups is 1. The van der Waals surface area contributed by atoms with Crippen molar-refractivity contribution in [3.8, 4) is 0 Å². The van der Waals surface area contributed by atoms with Gasteiger partial charge in [0.15, 0.2) is 5.16 Å². The number of ether oxygens (including phenoxy) is 1. The Labute approximate surface area is 228 Å². The minimum absolute atomic E-state index is 0.0585. The standard InChI is InChI=1S/C27H31N3O4S3/c1-4-12-30-25(32)21-16-8-6-7-9-18(16)36-23(21)29-27(30)35-14-20(31)28-24-22(26(33)34-5-2)17-11-10-15(3)13-19(17)37-24/h4,15H,1,5-14H2,2-3H3,(H,28,31). The molecule has 37 heavy (non-hydrogen) atoms. The molecule has 3 aromatic rings. The number of carbonyl (C=O) groups is 2. The summed E-state index contributed by atoms with van der Waals surface area (Å²) in [6, 6.07) is 0. The number of fused-ring (bicyclic) bond motifs is 4. The van der Waals surface area contributed by atoms with Crippen LogP contribution in [-0.2, 0) is 41.8 Å². The van der Waals surface area contributed by atoms with Crippen molar-refractivity contribution in [3.63, 3.8) is 0 Å². The highest BCUT2D eigenvalue weighted by Gasteiger charge is 2.29. The van der Waals surface area contributed by atoms with Crippen molar-refractivity contribution in [2.45, 2.75) is 70.5 Å². The topological polar surface area (TPSA) is 90.3 Å². The molecule has 0 saturated carbocycles. The molecule has 10 heteroatoms. The predicted octanol–water partition coefficient (Wildman–Crippen LogP) is 5.62. The number of allylic oxidation sites excluding steroid dienone is 1. The molecular formula is C27H31N3O4S3. The summed E-state index contributed by atoms with van der Waals surface area (Å²) in [4.78, 5) is 47.3. The number of nitrogens with zero attached hydrogens (tertiary/aromatic N) is 2. The molecule has 3 aromatic heterocycles. The second-order valence-corrected chi connectivity index (χ2v) is 12.7. The molecular weight excluding hydrogens is 527 g/mol. The van der Waals surface area contributed by atoms with Gasteiger partial charge in [-0.3, -0.25) is 14.2 Å². The first kappa shape index (κ1) is 26.2. The third-order valence-electron chi connectivity index (χ3n) is 6.93. The molecule has 0 aliphatic heterocycles. The van der Waals surface area contributed by atoms with E-state index in [-0.39, 0.29) is 29.8 Å². The van der Waals surface area contributed by atoms with Crippen LogP contribution in [0, 0.1) is 5.92 Å². The lowest BCUT2D eigenvalue weighted by Crippen LogP contribution is -2.24. The zero-order valence-electron chi connectivity index (χ0n) is 21.2. The second kappa shape index (κ2) is 11.1. The Hall–Kier alpha value is -2.43. The van der Waals surface area contributed by atoms with Gasteiger partial charge in [0.05, 0.1) is 23.3 Å². The number of thiophene rings is 2. The van der Waals surface area contributed by atoms with E-state index >= 15 is 0 Å². The number of rotatable bonds is 8. The van der Waals surface area contributed by atoms with E-state index in [9.17, 15) is 14.4 Å². The van der Waals surface area contributed by atoms with Crippen molar-refractivity contribution in [3.05, 3.63) is 49.5 Å². The Morgan fingerprint density at radius 2 is 2.03 bits per heavy atom. The Morgan fingerprint density at radius 3 is 2.81 bits per heavy atom. The van der Waals surface area contributed by atoms with Gasteiger partial charge in [0.25, 0.3) is 5.56 Å². The number of nitrogens with one attached hydrogen (secondary N) is 1. The summed E-state index contributed by atoms with van der Waals surface area (Å²) in [5.41, 5.74) is 2.60. The monoisotopic (exact) mass is 557 g/mol. The molecule has 7 nitrogen and oxygen atoms in total. The van der Waals surface area contributed by atoms with E-state index in [1.807, 2.05) is 0 Å². The van der Waals surface area contributed by atoms with Gasteiger partial charge >= 0.3 is 5.97 Å². The summed E-state index contributed by atoms with van der Waals surface area (Å²) in [6.45, 7) is 8.41. The third-order valence-corrected chi connectivity index (χ3v) is 10.3. The van der Waals surface area contributed by atoms with Gasteiger partial charge in [-0.2, -0.15) is 0 Å². The summed E-state index contributed by atoms with van der Waals surface area (Å²) in [5.74, 6) is -0.00871. The minimum atomic E-state index is -0.383. The molecule has 0 aromatic carbocycles. The third kappa shape index (κ3) is 5.15. The average molecular weight is 558 g/mol. The average Bonchev–Trinajstić information content (AvgIpc) is 3.42. The van der Waals surface area contributed by atoms with E-state index in [2.05, 4.69) is 18.8 Å². The van der Waals surface area contributed by atoms with Gasteiger partial charge in [-0.1, -0.05) is 24.8 Å². The van der Waals surface area contributed by atoms with Gasteiger partial charge in [0, 0.05) is 16.3 Å². The summed E-state index contributed by atoms with van der Waals surface area (Å²) in [6.07, 6.45) is 8.56. The lowest BCUT2D eigenvalue weighted by molar-refractivity contribution is -0.113. The van der Waals surface area contributed by atoms with Crippen LogP contribution in [-0.4, -0.2) is 33.8 Å². The number of anilines is 1. The quantitative estimate of drug-likeness (QED) is 0.167. The first-order valence-electron chi connectivity index (χ1n) is 12.8. The Balaban J connectivity index is 1.39. The van der Waals surface area contributed by atoms with Gasteiger partial charge < -0.3 is 10.1 Å². The van der Waals surface area contributed by atoms with Crippen molar-refractivity contribution >= 4 is 61.5 Å². The van der Waals surface area contributed by atoms with Crippen molar-refractivity contribution in [1.82, 2.24) is 9.55 Å². The van der Waals surface area contributed by atoms with Gasteiger partial charge in [-0.05, 0) is 68.9 Å². The lowest BCUT2D eigenvalue weighted by Gasteiger charge is -2.18. The predicted molar refractivity (Wildman–Crippen MR) is 152 cm³/mol. The van der Waals surface area contributed by atoms with E-state index in [0.29, 0.717) is 28.2 Å². The zero-order chi connectivity index (χ0) is 26.1. The van der Waals surface area contributed by atoms with Gasteiger partial charge in [0.1, 0.15) is 9.83 Å². The van der Waals surface area contributed by atoms with Crippen LogP contribution in [0.3, 0.4) is 0 Å². The van der Waals surface area contributed by atoms with Crippen LogP contribution < -0.4 is 10.9 Å². The molecule has 0 saturated heterocycles. The Morgan fingerprint density at radius 1 is 1.22 bits per heavy atom. The summed E-state index contributed by atoms with van der Waals surface area (Å²) in [5, 5.41) is 4.76. The smallest absolute Gasteiger partial charge is 0.341 e. The maximum Gasteiger partial charge on any atom is 0.341 e. The maximum absolute atomic E-state index is 13.4. The largest absolute Gasteiger partial charge is 0.462 e. The van der Waals surface area contributed by atoms with Crippen LogP contribution in [0.25, 0.3) is 10.2 Å². The Bertz CT molecular complexity index is 1430. The first-order chi connectivity index (χ1) is 17.9. The van der Waals surface area contributed by atoms with Crippen LogP contribution in [0.1, 0.15) is 64.3 Å². The number of esters is 1. The summed E-state index contributed by atoms with van der Waals surface area (Å²) < 4.78 is 6.93. The fraction of sp³-hybridized carbons (Fsp3) is 0.481. The zero-order valence-corrected chi connectivity index (χ0v) is 23.6. The highest BCUT2D eigenvalue weighted by Crippen LogP contribution is 2.40. The maximum atomic E-state index is 13.4. The molecule has 1 N–H and O–H groups in total. The summed E-state index contributed by atoms with van der Waals surface area (Å²) in [7, 11) is 0. The highest BCUT2D eigenvalue weighted by atomic mass is 32.2. The molecule has 2 aliphatic carbocycles. The molecule has 0 bridgehead atoms. The van der Waals surface area contributed by atoms with E-state index < -0.39 is 0 Å². The van der Waals surface area contributed by atoms with Gasteiger partial charge in [0.2, 0.25) is 5.91 Å². The molecule has 0 fully saturated rings. The van der Waals surface area contributed by atoms with E-state index in [4.69, 9.17) is 9.72 Å². The number of aryl methyl sites for hydroxylation is 2. The van der Waals surface area contributed by atoms with E-state index in [1.165, 1.54) is 28.0 Å². The van der Waals surface area contributed by atoms with Crippen LogP contribution in [0.4, 0.5) is 5.00 Å². The van der Waals surface area contributed by atoms with Gasteiger partial charge in [-0.15, -0.1) is 29.3 Å². The number of carbonyl (C=O) groups excluding carboxylic acids is 2. The second-order valence-electron chi connectivity index (χ2n) is 9.60. The SMILES string of the molecule is C=CCn1c(SCC(=O)Nc2sc3c(c2C(=O)OCC)CCC(C)C3)nc2sc3c(c2c1=O)CCCC3. The molecule has 1 unspecified atom stereocenters. The minimum Gasteiger partial charge on any atom is -0.462 e. The van der Waals surface area contributed by atoms with E-state index in [0.717, 1.165) is 71.2 Å². The lowest BCUT2D eigenvalue weighted by atomic mass is 9.88. The normalized spacial score (nSPS) is 16.8. The first-order valence-corrected chi connectivity index (χ1v) is 15.4. The van der Waals surface area contributed by atoms with Crippen LogP contribution in [0.5, 0.6) is 0 Å². The number of hydrogen-bond donors (Lipinski definition) is 1. The van der Waals surface area contributed by atoms with Crippen LogP contribution in [0.15, 0.2) is 22.6 Å². The summed E-state index contributed by atoms with van der Waals surface area (Å²) >= 11 is 4.32. The molecule has 0 spiro atoms. The fourth-order valence-corrected chi connectivity index (χ4v) is 8.70. The Kier molecular flexibility index (Phi) is 7.88. The molecule has 1 amide bonds. The molecule has 0 radical (unpaired) electrons. The van der Waals surface area contributed by atoms with Crippen LogP contribution in [0.2, 0.25) is 0 Å². The molecule has 5 rings (SSSR count). The number of amides is 1. The van der Waals surface area contributed by atoms with Gasteiger partial charge in [-0.25, -0.2) is 9.78 Å². The van der Waals surface area contributed by atoms with Crippen molar-refractivity contribution in [2.75, 3.05) is 17.7 Å². The molecule has 3 heterocycles. The van der Waals surface area contributed by atoms with Crippen molar-refractivity contribution in [2.24, 2.45) is 5.92 Å². The molecule has 196 valence electrons. The fourth-order valence-electron chi connectivity index (χ4n) is 5.17. The van der Waals surface area contributed by atoms with Crippen LogP contribution >= 0.6 is 34.4 Å². The number of hydrogen-bond acceptors (Lipinski definition) is 8.